The molecular weight excluding hydrogens is 115 g/mol. The van der Waals surface area contributed by atoms with E-state index < -0.39 is 0 Å². The summed E-state index contributed by atoms with van der Waals surface area (Å²) >= 11 is 0. The third-order valence-corrected chi connectivity index (χ3v) is 1.70. The van der Waals surface area contributed by atoms with Gasteiger partial charge in [-0.1, -0.05) is 27.2 Å². The Kier molecular flexibility index (Phi) is 3.83. The lowest BCUT2D eigenvalue weighted by Crippen LogP contribution is -2.11. The van der Waals surface area contributed by atoms with E-state index in [1.165, 1.54) is 0 Å². The Morgan fingerprint density at radius 3 is 2.11 bits per heavy atom. The molecule has 0 N–H and O–H groups in total. The first kappa shape index (κ1) is 8.93. The minimum Gasteiger partial charge on any atom is -0.251 e. The van der Waals surface area contributed by atoms with Crippen molar-refractivity contribution in [2.24, 2.45) is 5.41 Å². The quantitative estimate of drug-likeness (QED) is 0.551. The third-order valence-electron chi connectivity index (χ3n) is 1.70. The van der Waals surface area contributed by atoms with Gasteiger partial charge in [0, 0.05) is 0 Å². The lowest BCUT2D eigenvalue weighted by Gasteiger charge is -2.21. The average molecular weight is 132 g/mol. The Hall–Kier alpha value is -0.0700. The number of hydrogen-bond acceptors (Lipinski definition) is 0. The predicted octanol–water partition coefficient (Wildman–Crippen LogP) is 3.17. The van der Waals surface area contributed by atoms with Crippen LogP contribution in [0.15, 0.2) is 0 Å². The smallest absolute Gasteiger partial charge is 0.0899 e. The highest BCUT2D eigenvalue weighted by molar-refractivity contribution is 4.66. The first-order valence-corrected chi connectivity index (χ1v) is 3.68. The molecule has 0 nitrogen and oxygen atoms in total. The molecule has 0 aliphatic heterocycles. The molecule has 0 atom stereocenters. The standard InChI is InChI=1S/C8H17F/c1-4-5-8(2,3)6-7-9/h4-7H2,1-3H3. The molecule has 0 aliphatic rings. The molecule has 0 radical (unpaired) electrons. The van der Waals surface area contributed by atoms with E-state index in [9.17, 15) is 4.39 Å². The Morgan fingerprint density at radius 1 is 1.22 bits per heavy atom. The molecule has 0 aromatic heterocycles. The van der Waals surface area contributed by atoms with E-state index in [2.05, 4.69) is 20.8 Å². The zero-order valence-electron chi connectivity index (χ0n) is 6.71. The predicted molar refractivity (Wildman–Crippen MR) is 39.3 cm³/mol. The molecule has 0 rings (SSSR count). The summed E-state index contributed by atoms with van der Waals surface area (Å²) in [5.74, 6) is 0. The van der Waals surface area contributed by atoms with Gasteiger partial charge in [-0.05, 0) is 18.3 Å². The first-order chi connectivity index (χ1) is 4.12. The van der Waals surface area contributed by atoms with E-state index in [0.29, 0.717) is 6.42 Å². The maximum absolute atomic E-state index is 11.8. The van der Waals surface area contributed by atoms with E-state index in [1.54, 1.807) is 0 Å². The molecule has 0 heterocycles. The van der Waals surface area contributed by atoms with Gasteiger partial charge in [-0.2, -0.15) is 0 Å². The monoisotopic (exact) mass is 132 g/mol. The summed E-state index contributed by atoms with van der Waals surface area (Å²) < 4.78 is 11.8. The van der Waals surface area contributed by atoms with E-state index in [4.69, 9.17) is 0 Å². The van der Waals surface area contributed by atoms with E-state index in [1.807, 2.05) is 0 Å². The van der Waals surface area contributed by atoms with Crippen LogP contribution in [0, 0.1) is 5.41 Å². The summed E-state index contributed by atoms with van der Waals surface area (Å²) in [6.07, 6.45) is 3.00. The maximum Gasteiger partial charge on any atom is 0.0899 e. The molecule has 1 heteroatoms. The zero-order chi connectivity index (χ0) is 7.33. The molecule has 9 heavy (non-hydrogen) atoms. The lowest BCUT2D eigenvalue weighted by molar-refractivity contribution is 0.266. The zero-order valence-corrected chi connectivity index (χ0v) is 6.71. The number of halogens is 1. The van der Waals surface area contributed by atoms with Crippen molar-refractivity contribution in [1.82, 2.24) is 0 Å². The Bertz CT molecular complexity index is 59.0. The molecule has 0 aromatic carbocycles. The lowest BCUT2D eigenvalue weighted by atomic mass is 9.85. The summed E-state index contributed by atoms with van der Waals surface area (Å²) in [4.78, 5) is 0. The van der Waals surface area contributed by atoms with E-state index >= 15 is 0 Å². The molecule has 0 aromatic rings. The van der Waals surface area contributed by atoms with Crippen molar-refractivity contribution in [1.29, 1.82) is 0 Å². The van der Waals surface area contributed by atoms with E-state index in [0.717, 1.165) is 12.8 Å². The van der Waals surface area contributed by atoms with Gasteiger partial charge in [0.1, 0.15) is 0 Å². The van der Waals surface area contributed by atoms with Crippen LogP contribution in [0.25, 0.3) is 0 Å². The third kappa shape index (κ3) is 4.43. The van der Waals surface area contributed by atoms with Gasteiger partial charge in [0.05, 0.1) is 6.67 Å². The van der Waals surface area contributed by atoms with Gasteiger partial charge in [-0.15, -0.1) is 0 Å². The molecule has 0 saturated heterocycles. The summed E-state index contributed by atoms with van der Waals surface area (Å²) in [5, 5.41) is 0. The molecule has 0 aliphatic carbocycles. The molecular formula is C8H17F. The normalized spacial score (nSPS) is 12.0. The van der Waals surface area contributed by atoms with Crippen LogP contribution in [0.2, 0.25) is 0 Å². The van der Waals surface area contributed by atoms with Gasteiger partial charge in [-0.3, -0.25) is 4.39 Å². The highest BCUT2D eigenvalue weighted by atomic mass is 19.1. The highest BCUT2D eigenvalue weighted by Crippen LogP contribution is 2.25. The number of alkyl halides is 1. The Labute approximate surface area is 57.5 Å². The molecule has 0 fully saturated rings. The largest absolute Gasteiger partial charge is 0.251 e. The molecule has 0 saturated carbocycles. The second kappa shape index (κ2) is 3.86. The number of hydrogen-bond donors (Lipinski definition) is 0. The second-order valence-electron chi connectivity index (χ2n) is 3.35. The van der Waals surface area contributed by atoms with Gasteiger partial charge in [-0.25, -0.2) is 0 Å². The molecule has 0 bridgehead atoms. The van der Waals surface area contributed by atoms with Gasteiger partial charge >= 0.3 is 0 Å². The minimum absolute atomic E-state index is 0.174. The fourth-order valence-corrected chi connectivity index (χ4v) is 1.06. The summed E-state index contributed by atoms with van der Waals surface area (Å²) in [7, 11) is 0. The topological polar surface area (TPSA) is 0 Å². The van der Waals surface area contributed by atoms with Crippen LogP contribution in [0.3, 0.4) is 0 Å². The highest BCUT2D eigenvalue weighted by Gasteiger charge is 2.14. The van der Waals surface area contributed by atoms with Crippen LogP contribution in [-0.4, -0.2) is 6.67 Å². The summed E-state index contributed by atoms with van der Waals surface area (Å²) in [6, 6.07) is 0. The van der Waals surface area contributed by atoms with Crippen molar-refractivity contribution >= 4 is 0 Å². The second-order valence-corrected chi connectivity index (χ2v) is 3.35. The van der Waals surface area contributed by atoms with E-state index in [-0.39, 0.29) is 12.1 Å². The van der Waals surface area contributed by atoms with Crippen molar-refractivity contribution in [3.63, 3.8) is 0 Å². The van der Waals surface area contributed by atoms with Gasteiger partial charge in [0.25, 0.3) is 0 Å². The molecule has 0 amide bonds. The Balaban J connectivity index is 3.43. The summed E-state index contributed by atoms with van der Waals surface area (Å²) in [5.41, 5.74) is 0.226. The van der Waals surface area contributed by atoms with Crippen LogP contribution < -0.4 is 0 Å². The summed E-state index contributed by atoms with van der Waals surface area (Å²) in [6.45, 7) is 6.21. The van der Waals surface area contributed by atoms with Crippen LogP contribution in [0.4, 0.5) is 4.39 Å². The van der Waals surface area contributed by atoms with Gasteiger partial charge in [0.15, 0.2) is 0 Å². The van der Waals surface area contributed by atoms with Crippen LogP contribution >= 0.6 is 0 Å². The van der Waals surface area contributed by atoms with Crippen molar-refractivity contribution in [2.45, 2.75) is 40.0 Å². The van der Waals surface area contributed by atoms with Crippen molar-refractivity contribution in [2.75, 3.05) is 6.67 Å². The van der Waals surface area contributed by atoms with Crippen molar-refractivity contribution in [3.8, 4) is 0 Å². The van der Waals surface area contributed by atoms with Crippen molar-refractivity contribution in [3.05, 3.63) is 0 Å². The number of rotatable bonds is 4. The molecule has 0 unspecified atom stereocenters. The van der Waals surface area contributed by atoms with Crippen LogP contribution in [-0.2, 0) is 0 Å². The SMILES string of the molecule is CCCC(C)(C)CCF. The van der Waals surface area contributed by atoms with Gasteiger partial charge in [0.2, 0.25) is 0 Å². The molecule has 0 spiro atoms. The minimum atomic E-state index is -0.174. The van der Waals surface area contributed by atoms with Crippen molar-refractivity contribution < 1.29 is 4.39 Å². The fraction of sp³-hybridized carbons (Fsp3) is 1.00. The molecule has 56 valence electrons. The average Bonchev–Trinajstić information content (AvgIpc) is 1.64. The maximum atomic E-state index is 11.8. The fourth-order valence-electron chi connectivity index (χ4n) is 1.06. The first-order valence-electron chi connectivity index (χ1n) is 3.68. The van der Waals surface area contributed by atoms with Crippen LogP contribution in [0.1, 0.15) is 40.0 Å². The van der Waals surface area contributed by atoms with Gasteiger partial charge < -0.3 is 0 Å². The Morgan fingerprint density at radius 2 is 1.78 bits per heavy atom. The van der Waals surface area contributed by atoms with Crippen LogP contribution in [0.5, 0.6) is 0 Å².